The Morgan fingerprint density at radius 2 is 2.00 bits per heavy atom. The fourth-order valence-electron chi connectivity index (χ4n) is 4.91. The number of nitrogens with two attached hydrogens (primary N) is 1. The summed E-state index contributed by atoms with van der Waals surface area (Å²) in [6.07, 6.45) is 4.35. The number of hydrogen-bond acceptors (Lipinski definition) is 3. The molecule has 3 unspecified atom stereocenters. The minimum atomic E-state index is -3.72. The van der Waals surface area contributed by atoms with Crippen LogP contribution in [0.15, 0.2) is 23.1 Å². The van der Waals surface area contributed by atoms with Crippen molar-refractivity contribution >= 4 is 25.6 Å². The van der Waals surface area contributed by atoms with Gasteiger partial charge in [0.05, 0.1) is 4.90 Å². The van der Waals surface area contributed by atoms with Crippen molar-refractivity contribution < 1.29 is 13.2 Å². The standard InChI is InChI=1S/C17H22ClNO3S/c1-16-8-3-9-17(2,15(19)20)14(16)7-4-11-10-12(23(18,21)22)5-6-13(11)16/h5-6,10,14H,3-4,7-9H2,1-2H3,(H2,19,20). The van der Waals surface area contributed by atoms with Crippen molar-refractivity contribution in [3.63, 3.8) is 0 Å². The zero-order valence-electron chi connectivity index (χ0n) is 13.4. The van der Waals surface area contributed by atoms with Gasteiger partial charge < -0.3 is 5.73 Å². The largest absolute Gasteiger partial charge is 0.369 e. The van der Waals surface area contributed by atoms with Crippen LogP contribution in [-0.4, -0.2) is 14.3 Å². The summed E-state index contributed by atoms with van der Waals surface area (Å²) in [5.41, 5.74) is 7.26. The second-order valence-electron chi connectivity index (χ2n) is 7.40. The number of fused-ring (bicyclic) bond motifs is 3. The van der Waals surface area contributed by atoms with Gasteiger partial charge in [0, 0.05) is 16.1 Å². The van der Waals surface area contributed by atoms with Crippen LogP contribution in [0.3, 0.4) is 0 Å². The van der Waals surface area contributed by atoms with Crippen LogP contribution >= 0.6 is 10.7 Å². The molecular weight excluding hydrogens is 334 g/mol. The number of primary amides is 1. The Morgan fingerprint density at radius 1 is 1.30 bits per heavy atom. The Kier molecular flexibility index (Phi) is 3.80. The van der Waals surface area contributed by atoms with Gasteiger partial charge in [0.15, 0.2) is 0 Å². The van der Waals surface area contributed by atoms with Crippen molar-refractivity contribution in [2.45, 2.75) is 56.3 Å². The predicted molar refractivity (Wildman–Crippen MR) is 89.8 cm³/mol. The molecular formula is C17H22ClNO3S. The molecule has 3 atom stereocenters. The van der Waals surface area contributed by atoms with Crippen LogP contribution in [-0.2, 0) is 25.7 Å². The summed E-state index contributed by atoms with van der Waals surface area (Å²) >= 11 is 0. The van der Waals surface area contributed by atoms with Gasteiger partial charge in [0.1, 0.15) is 0 Å². The Morgan fingerprint density at radius 3 is 2.61 bits per heavy atom. The third-order valence-corrected chi connectivity index (χ3v) is 7.52. The zero-order chi connectivity index (χ0) is 17.0. The maximum absolute atomic E-state index is 12.1. The summed E-state index contributed by atoms with van der Waals surface area (Å²) < 4.78 is 23.2. The molecule has 1 saturated carbocycles. The minimum Gasteiger partial charge on any atom is -0.369 e. The smallest absolute Gasteiger partial charge is 0.261 e. The highest BCUT2D eigenvalue weighted by Gasteiger charge is 2.54. The molecule has 0 radical (unpaired) electrons. The predicted octanol–water partition coefficient (Wildman–Crippen LogP) is 3.11. The number of halogens is 1. The molecule has 1 fully saturated rings. The Balaban J connectivity index is 2.12. The molecule has 0 bridgehead atoms. The molecule has 23 heavy (non-hydrogen) atoms. The fraction of sp³-hybridized carbons (Fsp3) is 0.588. The van der Waals surface area contributed by atoms with E-state index in [4.69, 9.17) is 16.4 Å². The molecule has 1 amide bonds. The van der Waals surface area contributed by atoms with E-state index in [9.17, 15) is 13.2 Å². The Hall–Kier alpha value is -1.07. The molecule has 126 valence electrons. The van der Waals surface area contributed by atoms with Crippen molar-refractivity contribution in [3.05, 3.63) is 29.3 Å². The van der Waals surface area contributed by atoms with Crippen molar-refractivity contribution in [2.24, 2.45) is 17.1 Å². The topological polar surface area (TPSA) is 77.2 Å². The highest BCUT2D eigenvalue weighted by Crippen LogP contribution is 2.57. The van der Waals surface area contributed by atoms with E-state index >= 15 is 0 Å². The zero-order valence-corrected chi connectivity index (χ0v) is 15.0. The number of carbonyl (C=O) groups is 1. The van der Waals surface area contributed by atoms with Crippen LogP contribution in [0.5, 0.6) is 0 Å². The normalized spacial score (nSPS) is 33.6. The van der Waals surface area contributed by atoms with Gasteiger partial charge in [-0.1, -0.05) is 26.3 Å². The average Bonchev–Trinajstić information content (AvgIpc) is 2.45. The Labute approximate surface area is 141 Å². The molecule has 2 aliphatic rings. The second kappa shape index (κ2) is 5.21. The molecule has 0 spiro atoms. The molecule has 2 aliphatic carbocycles. The number of hydrogen-bond donors (Lipinski definition) is 1. The summed E-state index contributed by atoms with van der Waals surface area (Å²) in [4.78, 5) is 12.2. The highest BCUT2D eigenvalue weighted by molar-refractivity contribution is 8.13. The lowest BCUT2D eigenvalue weighted by molar-refractivity contribution is -0.135. The maximum atomic E-state index is 12.1. The van der Waals surface area contributed by atoms with E-state index < -0.39 is 14.5 Å². The summed E-state index contributed by atoms with van der Waals surface area (Å²) in [6.45, 7) is 4.17. The summed E-state index contributed by atoms with van der Waals surface area (Å²) in [6, 6.07) is 5.14. The molecule has 6 heteroatoms. The quantitative estimate of drug-likeness (QED) is 0.828. The molecule has 0 aliphatic heterocycles. The summed E-state index contributed by atoms with van der Waals surface area (Å²) in [5, 5.41) is 0. The maximum Gasteiger partial charge on any atom is 0.261 e. The van der Waals surface area contributed by atoms with Crippen LogP contribution in [0, 0.1) is 11.3 Å². The van der Waals surface area contributed by atoms with Crippen LogP contribution in [0.4, 0.5) is 0 Å². The Bertz CT molecular complexity index is 776. The minimum absolute atomic E-state index is 0.147. The monoisotopic (exact) mass is 355 g/mol. The van der Waals surface area contributed by atoms with E-state index in [0.29, 0.717) is 0 Å². The number of aryl methyl sites for hydroxylation is 1. The lowest BCUT2D eigenvalue weighted by Crippen LogP contribution is -2.54. The van der Waals surface area contributed by atoms with Crippen molar-refractivity contribution in [1.29, 1.82) is 0 Å². The number of benzene rings is 1. The highest BCUT2D eigenvalue weighted by atomic mass is 35.7. The SMILES string of the molecule is CC1(C(N)=O)CCCC2(C)c3ccc(S(=O)(=O)Cl)cc3CCC12. The lowest BCUT2D eigenvalue weighted by Gasteiger charge is -2.54. The van der Waals surface area contributed by atoms with Gasteiger partial charge in [-0.3, -0.25) is 4.79 Å². The van der Waals surface area contributed by atoms with Crippen LogP contribution in [0.1, 0.15) is 50.7 Å². The third kappa shape index (κ3) is 2.49. The van der Waals surface area contributed by atoms with E-state index in [1.165, 1.54) is 0 Å². The van der Waals surface area contributed by atoms with Crippen LogP contribution in [0.2, 0.25) is 0 Å². The van der Waals surface area contributed by atoms with Gasteiger partial charge >= 0.3 is 0 Å². The first kappa shape index (κ1) is 16.8. The van der Waals surface area contributed by atoms with Gasteiger partial charge in [-0.15, -0.1) is 0 Å². The molecule has 2 N–H and O–H groups in total. The van der Waals surface area contributed by atoms with Crippen LogP contribution in [0.25, 0.3) is 0 Å². The van der Waals surface area contributed by atoms with Gasteiger partial charge in [0.2, 0.25) is 5.91 Å². The van der Waals surface area contributed by atoms with E-state index in [1.807, 2.05) is 13.0 Å². The summed E-state index contributed by atoms with van der Waals surface area (Å²) in [7, 11) is 1.75. The fourth-order valence-corrected chi connectivity index (χ4v) is 5.72. The molecule has 0 heterocycles. The van der Waals surface area contributed by atoms with Gasteiger partial charge in [-0.25, -0.2) is 8.42 Å². The molecule has 0 aromatic heterocycles. The van der Waals surface area contributed by atoms with Gasteiger partial charge in [-0.05, 0) is 60.3 Å². The average molecular weight is 356 g/mol. The van der Waals surface area contributed by atoms with E-state index in [2.05, 4.69) is 6.92 Å². The molecule has 1 aromatic rings. The molecule has 4 nitrogen and oxygen atoms in total. The van der Waals surface area contributed by atoms with Gasteiger partial charge in [0.25, 0.3) is 9.05 Å². The molecule has 3 rings (SSSR count). The van der Waals surface area contributed by atoms with Crippen LogP contribution < -0.4 is 5.73 Å². The first-order valence-electron chi connectivity index (χ1n) is 7.97. The number of rotatable bonds is 2. The third-order valence-electron chi connectivity index (χ3n) is 6.17. The molecule has 1 aromatic carbocycles. The van der Waals surface area contributed by atoms with Crippen molar-refractivity contribution in [3.8, 4) is 0 Å². The van der Waals surface area contributed by atoms with E-state index in [1.54, 1.807) is 12.1 Å². The second-order valence-corrected chi connectivity index (χ2v) is 9.97. The number of carbonyl (C=O) groups excluding carboxylic acids is 1. The van der Waals surface area contributed by atoms with Crippen molar-refractivity contribution in [1.82, 2.24) is 0 Å². The first-order chi connectivity index (χ1) is 10.6. The van der Waals surface area contributed by atoms with E-state index in [0.717, 1.165) is 43.2 Å². The van der Waals surface area contributed by atoms with Crippen molar-refractivity contribution in [2.75, 3.05) is 0 Å². The van der Waals surface area contributed by atoms with Gasteiger partial charge in [-0.2, -0.15) is 0 Å². The lowest BCUT2D eigenvalue weighted by atomic mass is 9.49. The number of amides is 1. The first-order valence-corrected chi connectivity index (χ1v) is 10.3. The van der Waals surface area contributed by atoms with E-state index in [-0.39, 0.29) is 22.1 Å². The summed E-state index contributed by atoms with van der Waals surface area (Å²) in [5.74, 6) is -0.0379. The molecule has 0 saturated heterocycles.